The lowest BCUT2D eigenvalue weighted by molar-refractivity contribution is 0.854. The standard InChI is InChI=1S/C26H16N8O4.2C2H6/c1-31-23(35)15-16(24(31)36)28-20-19(27-15)33(13-9-5-3-6-10-13)21-22(34(20)14-11-7-4-8-12-14)30-18-17(29-21)25(37)32(2)26(18)38;2*1-2/h3-12H,1-2H3;2*1-2H3. The molecule has 0 amide bonds. The summed E-state index contributed by atoms with van der Waals surface area (Å²) in [4.78, 5) is 69.9. The molecule has 0 atom stereocenters. The highest BCUT2D eigenvalue weighted by molar-refractivity contribution is 5.93. The van der Waals surface area contributed by atoms with Crippen LogP contribution in [0.25, 0.3) is 56.0 Å². The molecule has 0 bridgehead atoms. The zero-order valence-electron chi connectivity index (χ0n) is 24.0. The second-order valence-electron chi connectivity index (χ2n) is 8.82. The van der Waals surface area contributed by atoms with Crippen LogP contribution in [0.15, 0.2) is 79.8 Å². The summed E-state index contributed by atoms with van der Waals surface area (Å²) in [6, 6.07) is 18.1. The Morgan fingerprint density at radius 2 is 0.667 bits per heavy atom. The summed E-state index contributed by atoms with van der Waals surface area (Å²) in [5, 5.41) is 0. The van der Waals surface area contributed by atoms with Gasteiger partial charge in [-0.05, 0) is 24.3 Å². The van der Waals surface area contributed by atoms with Crippen molar-refractivity contribution in [3.63, 3.8) is 0 Å². The van der Waals surface area contributed by atoms with Crippen LogP contribution in [-0.4, -0.2) is 38.2 Å². The fourth-order valence-corrected chi connectivity index (χ4v) is 4.70. The van der Waals surface area contributed by atoms with Crippen molar-refractivity contribution in [2.24, 2.45) is 14.1 Å². The average molecular weight is 565 g/mol. The number of hydrogen-bond acceptors (Lipinski definition) is 8. The van der Waals surface area contributed by atoms with Crippen molar-refractivity contribution in [2.75, 3.05) is 0 Å². The van der Waals surface area contributed by atoms with Gasteiger partial charge in [0.05, 0.1) is 0 Å². The van der Waals surface area contributed by atoms with Gasteiger partial charge in [-0.2, -0.15) is 0 Å². The SMILES string of the molecule is CC.CC.Cn1c(=O)c2nc3c(nc2c1=O)n(-c1ccccc1)c1nc2c(=O)n(C)c(=O)c2nc1n3-c1ccccc1. The van der Waals surface area contributed by atoms with E-state index in [1.54, 1.807) is 33.4 Å². The van der Waals surface area contributed by atoms with Crippen molar-refractivity contribution in [2.45, 2.75) is 27.7 Å². The summed E-state index contributed by atoms with van der Waals surface area (Å²) in [6.45, 7) is 8.00. The lowest BCUT2D eigenvalue weighted by Crippen LogP contribution is -2.21. The Hall–Kier alpha value is -5.52. The largest absolute Gasteiger partial charge is 0.281 e. The minimum Gasteiger partial charge on any atom is -0.275 e. The number of fused-ring (bicyclic) bond motifs is 4. The van der Waals surface area contributed by atoms with E-state index in [1.807, 2.05) is 64.1 Å². The first-order valence-corrected chi connectivity index (χ1v) is 13.6. The third kappa shape index (κ3) is 3.99. The van der Waals surface area contributed by atoms with Gasteiger partial charge < -0.3 is 0 Å². The molecule has 0 saturated heterocycles. The van der Waals surface area contributed by atoms with Gasteiger partial charge in [0.1, 0.15) is 0 Å². The normalized spacial score (nSPS) is 11.0. The van der Waals surface area contributed by atoms with Crippen LogP contribution >= 0.6 is 0 Å². The lowest BCUT2D eigenvalue weighted by Gasteiger charge is -2.19. The fraction of sp³-hybridized carbons (Fsp3) is 0.200. The van der Waals surface area contributed by atoms with Crippen LogP contribution in [-0.2, 0) is 14.1 Å². The third-order valence-corrected chi connectivity index (χ3v) is 6.62. The lowest BCUT2D eigenvalue weighted by atomic mass is 10.2. The Labute approximate surface area is 238 Å². The molecule has 0 fully saturated rings. The van der Waals surface area contributed by atoms with Crippen molar-refractivity contribution < 1.29 is 0 Å². The molecule has 5 aromatic heterocycles. The molecular weight excluding hydrogens is 536 g/mol. The summed E-state index contributed by atoms with van der Waals surface area (Å²) in [5.41, 5.74) is -0.623. The first-order valence-electron chi connectivity index (χ1n) is 13.6. The topological polar surface area (TPSA) is 140 Å². The van der Waals surface area contributed by atoms with Gasteiger partial charge >= 0.3 is 0 Å². The molecule has 0 spiro atoms. The second kappa shape index (κ2) is 10.8. The molecule has 7 rings (SSSR count). The predicted molar refractivity (Wildman–Crippen MR) is 163 cm³/mol. The molecule has 7 aromatic rings. The highest BCUT2D eigenvalue weighted by Gasteiger charge is 2.25. The van der Waals surface area contributed by atoms with Crippen LogP contribution in [0.4, 0.5) is 0 Å². The summed E-state index contributed by atoms with van der Waals surface area (Å²) in [7, 11) is 2.74. The number of nitrogens with zero attached hydrogens (tertiary/aromatic N) is 8. The summed E-state index contributed by atoms with van der Waals surface area (Å²) in [6.07, 6.45) is 0. The van der Waals surface area contributed by atoms with Crippen molar-refractivity contribution in [1.82, 2.24) is 38.2 Å². The van der Waals surface area contributed by atoms with Gasteiger partial charge in [-0.3, -0.25) is 37.4 Å². The Balaban J connectivity index is 0.000000847. The van der Waals surface area contributed by atoms with E-state index < -0.39 is 22.2 Å². The van der Waals surface area contributed by atoms with Crippen LogP contribution in [0.3, 0.4) is 0 Å². The smallest absolute Gasteiger partial charge is 0.275 e. The molecule has 0 saturated carbocycles. The molecule has 0 aliphatic carbocycles. The maximum Gasteiger partial charge on any atom is 0.281 e. The molecule has 12 heteroatoms. The van der Waals surface area contributed by atoms with E-state index in [4.69, 9.17) is 0 Å². The molecule has 0 aliphatic heterocycles. The predicted octanol–water partition coefficient (Wildman–Crippen LogP) is 3.07. The van der Waals surface area contributed by atoms with E-state index in [2.05, 4.69) is 19.9 Å². The molecule has 42 heavy (non-hydrogen) atoms. The first kappa shape index (κ1) is 28.0. The number of benzene rings is 2. The van der Waals surface area contributed by atoms with Gasteiger partial charge in [0.2, 0.25) is 0 Å². The van der Waals surface area contributed by atoms with Gasteiger partial charge in [-0.25, -0.2) is 19.9 Å². The van der Waals surface area contributed by atoms with E-state index in [9.17, 15) is 19.2 Å². The summed E-state index contributed by atoms with van der Waals surface area (Å²) >= 11 is 0. The minimum atomic E-state index is -0.576. The maximum absolute atomic E-state index is 12.9. The molecule has 12 nitrogen and oxygen atoms in total. The summed E-state index contributed by atoms with van der Waals surface area (Å²) in [5.74, 6) is 0. The minimum absolute atomic E-state index is 0.0891. The van der Waals surface area contributed by atoms with Gasteiger partial charge in [-0.15, -0.1) is 0 Å². The van der Waals surface area contributed by atoms with Crippen LogP contribution in [0.5, 0.6) is 0 Å². The summed E-state index contributed by atoms with van der Waals surface area (Å²) < 4.78 is 5.16. The van der Waals surface area contributed by atoms with E-state index in [1.165, 1.54) is 14.1 Å². The van der Waals surface area contributed by atoms with Crippen molar-refractivity contribution >= 4 is 44.7 Å². The number of aromatic nitrogens is 8. The number of para-hydroxylation sites is 2. The highest BCUT2D eigenvalue weighted by Crippen LogP contribution is 2.28. The van der Waals surface area contributed by atoms with Gasteiger partial charge in [0, 0.05) is 25.5 Å². The first-order chi connectivity index (χ1) is 20.4. The second-order valence-corrected chi connectivity index (χ2v) is 8.82. The number of hydrogen-bond donors (Lipinski definition) is 0. The molecule has 0 radical (unpaired) electrons. The maximum atomic E-state index is 12.9. The van der Waals surface area contributed by atoms with E-state index in [0.29, 0.717) is 11.4 Å². The highest BCUT2D eigenvalue weighted by atomic mass is 16.2. The van der Waals surface area contributed by atoms with Gasteiger partial charge in [0.25, 0.3) is 22.2 Å². The van der Waals surface area contributed by atoms with E-state index in [-0.39, 0.29) is 44.7 Å². The van der Waals surface area contributed by atoms with Crippen molar-refractivity contribution in [3.8, 4) is 11.4 Å². The Morgan fingerprint density at radius 3 is 0.905 bits per heavy atom. The molecule has 5 heterocycles. The zero-order valence-corrected chi connectivity index (χ0v) is 24.0. The average Bonchev–Trinajstić information content (AvgIpc) is 3.39. The fourth-order valence-electron chi connectivity index (χ4n) is 4.70. The van der Waals surface area contributed by atoms with Crippen LogP contribution in [0.2, 0.25) is 0 Å². The van der Waals surface area contributed by atoms with Gasteiger partial charge in [-0.1, -0.05) is 64.1 Å². The Morgan fingerprint density at radius 1 is 0.429 bits per heavy atom. The van der Waals surface area contributed by atoms with Crippen LogP contribution in [0, 0.1) is 0 Å². The van der Waals surface area contributed by atoms with Gasteiger partial charge in [0.15, 0.2) is 44.7 Å². The molecule has 0 aliphatic rings. The molecular formula is C30H28N8O4. The molecule has 0 N–H and O–H groups in total. The monoisotopic (exact) mass is 564 g/mol. The molecule has 0 unspecified atom stereocenters. The van der Waals surface area contributed by atoms with Crippen LogP contribution < -0.4 is 22.2 Å². The van der Waals surface area contributed by atoms with Crippen molar-refractivity contribution in [1.29, 1.82) is 0 Å². The van der Waals surface area contributed by atoms with Crippen LogP contribution in [0.1, 0.15) is 27.7 Å². The van der Waals surface area contributed by atoms with E-state index >= 15 is 0 Å². The Bertz CT molecular complexity index is 2050. The Kier molecular flexibility index (Phi) is 7.21. The molecule has 2 aromatic carbocycles. The van der Waals surface area contributed by atoms with Crippen molar-refractivity contribution in [3.05, 3.63) is 102 Å². The zero-order chi connectivity index (χ0) is 30.3. The molecule has 212 valence electrons. The third-order valence-electron chi connectivity index (χ3n) is 6.62. The number of rotatable bonds is 2. The quantitative estimate of drug-likeness (QED) is 0.292. The van der Waals surface area contributed by atoms with E-state index in [0.717, 1.165) is 9.13 Å².